The lowest BCUT2D eigenvalue weighted by molar-refractivity contribution is -0.120. The Balaban J connectivity index is 4.05. The first-order valence-electron chi connectivity index (χ1n) is 6.51. The highest BCUT2D eigenvalue weighted by atomic mass is 32.2. The van der Waals surface area contributed by atoms with Crippen LogP contribution in [0.1, 0.15) is 47.5 Å². The maximum atomic E-state index is 11.7. The highest BCUT2D eigenvalue weighted by Crippen LogP contribution is 2.15. The van der Waals surface area contributed by atoms with E-state index >= 15 is 0 Å². The standard InChI is InChI=1S/C13H26N2O2S/c1-6-7-8-18-12(17)11(16)10(2)9-14-15-13(3,4)5/h10-11,16H,6-9H2,1-5H3/t10?,11-/m0/s1. The van der Waals surface area contributed by atoms with Crippen LogP contribution in [0.25, 0.3) is 0 Å². The fraction of sp³-hybridized carbons (Fsp3) is 0.923. The first kappa shape index (κ1) is 17.6. The number of rotatable bonds is 7. The molecule has 0 aliphatic rings. The lowest BCUT2D eigenvalue weighted by Gasteiger charge is -2.16. The first-order chi connectivity index (χ1) is 8.28. The van der Waals surface area contributed by atoms with Gasteiger partial charge in [-0.05, 0) is 27.2 Å². The van der Waals surface area contributed by atoms with Crippen molar-refractivity contribution in [3.8, 4) is 0 Å². The summed E-state index contributed by atoms with van der Waals surface area (Å²) in [7, 11) is 0. The SMILES string of the molecule is CCCCSC(=O)[C@@H](O)C(C)CN=NC(C)(C)C. The van der Waals surface area contributed by atoms with Crippen molar-refractivity contribution in [2.45, 2.75) is 59.1 Å². The van der Waals surface area contributed by atoms with Crippen molar-refractivity contribution in [2.24, 2.45) is 16.1 Å². The van der Waals surface area contributed by atoms with Gasteiger partial charge < -0.3 is 5.11 Å². The average molecular weight is 274 g/mol. The molecule has 0 radical (unpaired) electrons. The normalized spacial score (nSPS) is 15.9. The van der Waals surface area contributed by atoms with Crippen LogP contribution in [-0.4, -0.2) is 34.2 Å². The van der Waals surface area contributed by atoms with Crippen LogP contribution in [0.2, 0.25) is 0 Å². The predicted molar refractivity (Wildman–Crippen MR) is 77.0 cm³/mol. The smallest absolute Gasteiger partial charge is 0.217 e. The van der Waals surface area contributed by atoms with Crippen molar-refractivity contribution in [3.05, 3.63) is 0 Å². The van der Waals surface area contributed by atoms with E-state index < -0.39 is 6.10 Å². The predicted octanol–water partition coefficient (Wildman–Crippen LogP) is 3.29. The second-order valence-electron chi connectivity index (χ2n) is 5.54. The molecule has 106 valence electrons. The summed E-state index contributed by atoms with van der Waals surface area (Å²) in [6, 6.07) is 0. The number of hydrogen-bond acceptors (Lipinski definition) is 5. The minimum Gasteiger partial charge on any atom is -0.384 e. The van der Waals surface area contributed by atoms with Crippen LogP contribution in [0.5, 0.6) is 0 Å². The molecule has 0 rings (SSSR count). The summed E-state index contributed by atoms with van der Waals surface area (Å²) in [6.07, 6.45) is 1.12. The molecule has 1 unspecified atom stereocenters. The van der Waals surface area contributed by atoms with Crippen LogP contribution in [0.15, 0.2) is 10.2 Å². The third kappa shape index (κ3) is 8.64. The molecular formula is C13H26N2O2S. The molecule has 5 heteroatoms. The van der Waals surface area contributed by atoms with Crippen molar-refractivity contribution in [1.82, 2.24) is 0 Å². The number of nitrogens with zero attached hydrogens (tertiary/aromatic N) is 2. The van der Waals surface area contributed by atoms with E-state index in [0.717, 1.165) is 18.6 Å². The molecule has 0 aliphatic carbocycles. The van der Waals surface area contributed by atoms with E-state index in [1.165, 1.54) is 11.8 Å². The van der Waals surface area contributed by atoms with Crippen LogP contribution in [0.4, 0.5) is 0 Å². The van der Waals surface area contributed by atoms with Gasteiger partial charge in [0.2, 0.25) is 5.12 Å². The van der Waals surface area contributed by atoms with Crippen LogP contribution in [0.3, 0.4) is 0 Å². The largest absolute Gasteiger partial charge is 0.384 e. The van der Waals surface area contributed by atoms with Crippen LogP contribution >= 0.6 is 11.8 Å². The van der Waals surface area contributed by atoms with Gasteiger partial charge in [0.15, 0.2) is 0 Å². The number of unbranched alkanes of at least 4 members (excludes halogenated alkanes) is 1. The number of azo groups is 1. The summed E-state index contributed by atoms with van der Waals surface area (Å²) < 4.78 is 0. The monoisotopic (exact) mass is 274 g/mol. The average Bonchev–Trinajstić information content (AvgIpc) is 2.26. The van der Waals surface area contributed by atoms with Crippen LogP contribution < -0.4 is 0 Å². The maximum Gasteiger partial charge on any atom is 0.217 e. The Hall–Kier alpha value is -0.420. The molecule has 0 aliphatic heterocycles. The summed E-state index contributed by atoms with van der Waals surface area (Å²) in [4.78, 5) is 11.7. The molecule has 2 atom stereocenters. The molecule has 0 saturated carbocycles. The summed E-state index contributed by atoms with van der Waals surface area (Å²) in [6.45, 7) is 10.2. The zero-order valence-electron chi connectivity index (χ0n) is 12.1. The van der Waals surface area contributed by atoms with Gasteiger partial charge in [-0.25, -0.2) is 0 Å². The molecule has 0 amide bonds. The second kappa shape index (κ2) is 8.64. The third-order valence-electron chi connectivity index (χ3n) is 2.26. The van der Waals surface area contributed by atoms with Crippen molar-refractivity contribution in [1.29, 1.82) is 0 Å². The molecule has 0 spiro atoms. The summed E-state index contributed by atoms with van der Waals surface area (Å²) in [5.41, 5.74) is -0.204. The Kier molecular flexibility index (Phi) is 8.44. The lowest BCUT2D eigenvalue weighted by atomic mass is 10.1. The van der Waals surface area contributed by atoms with E-state index in [9.17, 15) is 9.90 Å². The molecule has 4 nitrogen and oxygen atoms in total. The first-order valence-corrected chi connectivity index (χ1v) is 7.50. The highest BCUT2D eigenvalue weighted by molar-refractivity contribution is 8.13. The molecule has 0 aromatic heterocycles. The number of aliphatic hydroxyl groups excluding tert-OH is 1. The minimum absolute atomic E-state index is 0.151. The Labute approximate surface area is 115 Å². The van der Waals surface area contributed by atoms with E-state index in [-0.39, 0.29) is 16.6 Å². The van der Waals surface area contributed by atoms with Gasteiger partial charge >= 0.3 is 0 Å². The van der Waals surface area contributed by atoms with E-state index in [4.69, 9.17) is 0 Å². The second-order valence-corrected chi connectivity index (χ2v) is 6.64. The molecule has 0 heterocycles. The number of hydrogen-bond donors (Lipinski definition) is 1. The van der Waals surface area contributed by atoms with Crippen molar-refractivity contribution < 1.29 is 9.90 Å². The number of carbonyl (C=O) groups excluding carboxylic acids is 1. The Morgan fingerprint density at radius 1 is 1.39 bits per heavy atom. The summed E-state index contributed by atoms with van der Waals surface area (Å²) >= 11 is 1.22. The van der Waals surface area contributed by atoms with Crippen molar-refractivity contribution in [2.75, 3.05) is 12.3 Å². The van der Waals surface area contributed by atoms with E-state index in [1.54, 1.807) is 0 Å². The van der Waals surface area contributed by atoms with E-state index in [2.05, 4.69) is 17.2 Å². The number of carbonyl (C=O) groups is 1. The fourth-order valence-electron chi connectivity index (χ4n) is 1.12. The van der Waals surface area contributed by atoms with Crippen LogP contribution in [-0.2, 0) is 4.79 Å². The number of aliphatic hydroxyl groups is 1. The molecule has 0 fully saturated rings. The summed E-state index contributed by atoms with van der Waals surface area (Å²) in [5.74, 6) is 0.598. The van der Waals surface area contributed by atoms with Crippen molar-refractivity contribution >= 4 is 16.9 Å². The highest BCUT2D eigenvalue weighted by Gasteiger charge is 2.22. The lowest BCUT2D eigenvalue weighted by Crippen LogP contribution is -2.27. The zero-order valence-corrected chi connectivity index (χ0v) is 13.0. The van der Waals surface area contributed by atoms with Gasteiger partial charge in [-0.3, -0.25) is 4.79 Å². The molecule has 0 bridgehead atoms. The minimum atomic E-state index is -0.939. The van der Waals surface area contributed by atoms with Crippen molar-refractivity contribution in [3.63, 3.8) is 0 Å². The van der Waals surface area contributed by atoms with Gasteiger partial charge in [0.1, 0.15) is 6.10 Å². The quantitative estimate of drug-likeness (QED) is 0.572. The maximum absolute atomic E-state index is 11.7. The Morgan fingerprint density at radius 2 is 2.00 bits per heavy atom. The van der Waals surface area contributed by atoms with Gasteiger partial charge in [0.05, 0.1) is 12.1 Å². The molecule has 0 aromatic carbocycles. The molecular weight excluding hydrogens is 248 g/mol. The topological polar surface area (TPSA) is 62.0 Å². The molecule has 1 N–H and O–H groups in total. The Morgan fingerprint density at radius 3 is 2.50 bits per heavy atom. The van der Waals surface area contributed by atoms with Crippen LogP contribution in [0, 0.1) is 5.92 Å². The molecule has 0 aromatic rings. The van der Waals surface area contributed by atoms with Gasteiger partial charge in [-0.15, -0.1) is 0 Å². The zero-order chi connectivity index (χ0) is 14.2. The summed E-state index contributed by atoms with van der Waals surface area (Å²) in [5, 5.41) is 17.8. The van der Waals surface area contributed by atoms with E-state index in [0.29, 0.717) is 6.54 Å². The fourth-order valence-corrected chi connectivity index (χ4v) is 2.15. The van der Waals surface area contributed by atoms with Gasteiger partial charge in [-0.2, -0.15) is 10.2 Å². The van der Waals surface area contributed by atoms with Gasteiger partial charge in [0, 0.05) is 11.7 Å². The number of thioether (sulfide) groups is 1. The van der Waals surface area contributed by atoms with Gasteiger partial charge in [0.25, 0.3) is 0 Å². The third-order valence-corrected chi connectivity index (χ3v) is 3.28. The van der Waals surface area contributed by atoms with E-state index in [1.807, 2.05) is 27.7 Å². The van der Waals surface area contributed by atoms with Gasteiger partial charge in [-0.1, -0.05) is 32.0 Å². The Bertz CT molecular complexity index is 275. The molecule has 18 heavy (non-hydrogen) atoms. The molecule has 0 saturated heterocycles.